The van der Waals surface area contributed by atoms with E-state index in [2.05, 4.69) is 20.8 Å². The number of esters is 1. The Morgan fingerprint density at radius 2 is 1.76 bits per heavy atom. The molecule has 94 valence electrons. The van der Waals surface area contributed by atoms with Gasteiger partial charge in [-0.2, -0.15) is 0 Å². The molecule has 0 radical (unpaired) electrons. The van der Waals surface area contributed by atoms with Crippen molar-refractivity contribution in [3.05, 3.63) is 29.8 Å². The summed E-state index contributed by atoms with van der Waals surface area (Å²) in [6, 6.07) is 7.78. The molecule has 0 bridgehead atoms. The molecule has 0 saturated carbocycles. The summed E-state index contributed by atoms with van der Waals surface area (Å²) in [5, 5.41) is 0. The van der Waals surface area contributed by atoms with Crippen molar-refractivity contribution in [3.8, 4) is 5.75 Å². The maximum atomic E-state index is 11.1. The first-order valence-corrected chi connectivity index (χ1v) is 5.82. The van der Waals surface area contributed by atoms with Crippen molar-refractivity contribution in [2.24, 2.45) is 0 Å². The predicted octanol–water partition coefficient (Wildman–Crippen LogP) is 2.93. The van der Waals surface area contributed by atoms with Gasteiger partial charge in [-0.3, -0.25) is 0 Å². The van der Waals surface area contributed by atoms with Crippen molar-refractivity contribution >= 4 is 5.97 Å². The van der Waals surface area contributed by atoms with Crippen molar-refractivity contribution in [1.82, 2.24) is 0 Å². The number of ether oxygens (including phenoxy) is 2. The average molecular weight is 236 g/mol. The van der Waals surface area contributed by atoms with Crippen molar-refractivity contribution in [1.29, 1.82) is 0 Å². The fourth-order valence-corrected chi connectivity index (χ4v) is 1.40. The zero-order valence-corrected chi connectivity index (χ0v) is 10.9. The molecule has 0 saturated heterocycles. The van der Waals surface area contributed by atoms with Gasteiger partial charge in [0.15, 0.2) is 6.61 Å². The van der Waals surface area contributed by atoms with Gasteiger partial charge in [0.25, 0.3) is 0 Å². The Labute approximate surface area is 103 Å². The molecule has 0 aliphatic heterocycles. The van der Waals surface area contributed by atoms with Crippen LogP contribution in [0.3, 0.4) is 0 Å². The lowest BCUT2D eigenvalue weighted by Gasteiger charge is -2.19. The van der Waals surface area contributed by atoms with E-state index in [1.54, 1.807) is 6.92 Å². The molecule has 0 heterocycles. The van der Waals surface area contributed by atoms with E-state index in [9.17, 15) is 4.79 Å². The summed E-state index contributed by atoms with van der Waals surface area (Å²) in [5.41, 5.74) is 1.36. The zero-order chi connectivity index (χ0) is 12.9. The summed E-state index contributed by atoms with van der Waals surface area (Å²) in [6.45, 7) is 8.58. The molecule has 1 aromatic rings. The Bertz CT molecular complexity index is 360. The largest absolute Gasteiger partial charge is 0.482 e. The van der Waals surface area contributed by atoms with Gasteiger partial charge in [0.1, 0.15) is 5.75 Å². The molecule has 0 N–H and O–H groups in total. The summed E-state index contributed by atoms with van der Waals surface area (Å²) in [4.78, 5) is 11.1. The van der Waals surface area contributed by atoms with E-state index >= 15 is 0 Å². The maximum absolute atomic E-state index is 11.1. The number of benzene rings is 1. The topological polar surface area (TPSA) is 35.5 Å². The Kier molecular flexibility index (Phi) is 4.55. The lowest BCUT2D eigenvalue weighted by atomic mass is 9.87. The minimum absolute atomic E-state index is 0.0390. The van der Waals surface area contributed by atoms with E-state index in [1.807, 2.05) is 24.3 Å². The lowest BCUT2D eigenvalue weighted by Crippen LogP contribution is -2.15. The molecule has 0 aliphatic rings. The molecule has 3 heteroatoms. The van der Waals surface area contributed by atoms with Crippen LogP contribution in [0.25, 0.3) is 0 Å². The van der Waals surface area contributed by atoms with Gasteiger partial charge in [-0.25, -0.2) is 4.79 Å². The lowest BCUT2D eigenvalue weighted by molar-refractivity contribution is -0.145. The van der Waals surface area contributed by atoms with E-state index in [-0.39, 0.29) is 18.0 Å². The maximum Gasteiger partial charge on any atom is 0.344 e. The summed E-state index contributed by atoms with van der Waals surface area (Å²) in [6.07, 6.45) is 0. The van der Waals surface area contributed by atoms with E-state index in [0.29, 0.717) is 12.4 Å². The highest BCUT2D eigenvalue weighted by Crippen LogP contribution is 2.24. The molecule has 17 heavy (non-hydrogen) atoms. The van der Waals surface area contributed by atoms with Gasteiger partial charge < -0.3 is 9.47 Å². The quantitative estimate of drug-likeness (QED) is 0.754. The number of carbonyl (C=O) groups excluding carboxylic acids is 1. The SMILES string of the molecule is CCOC(=O)COc1ccc(C(C)(C)C)cc1. The summed E-state index contributed by atoms with van der Waals surface area (Å²) < 4.78 is 10.1. The highest BCUT2D eigenvalue weighted by molar-refractivity contribution is 5.71. The molecule has 0 amide bonds. The van der Waals surface area contributed by atoms with Crippen LogP contribution in [0.15, 0.2) is 24.3 Å². The molecule has 3 nitrogen and oxygen atoms in total. The Hall–Kier alpha value is -1.51. The van der Waals surface area contributed by atoms with Crippen LogP contribution < -0.4 is 4.74 Å². The Morgan fingerprint density at radius 1 is 1.18 bits per heavy atom. The van der Waals surface area contributed by atoms with Gasteiger partial charge in [0.05, 0.1) is 6.61 Å². The standard InChI is InChI=1S/C14H20O3/c1-5-16-13(15)10-17-12-8-6-11(7-9-12)14(2,3)4/h6-9H,5,10H2,1-4H3. The molecule has 0 unspecified atom stereocenters. The highest BCUT2D eigenvalue weighted by Gasteiger charge is 2.13. The first kappa shape index (κ1) is 13.6. The first-order chi connectivity index (χ1) is 7.93. The van der Waals surface area contributed by atoms with Crippen molar-refractivity contribution in [3.63, 3.8) is 0 Å². The minimum atomic E-state index is -0.340. The summed E-state index contributed by atoms with van der Waals surface area (Å²) >= 11 is 0. The molecule has 0 fully saturated rings. The zero-order valence-electron chi connectivity index (χ0n) is 10.9. The van der Waals surface area contributed by atoms with Crippen LogP contribution in [0.1, 0.15) is 33.3 Å². The Balaban J connectivity index is 2.54. The van der Waals surface area contributed by atoms with E-state index in [1.165, 1.54) is 5.56 Å². The highest BCUT2D eigenvalue weighted by atomic mass is 16.6. The minimum Gasteiger partial charge on any atom is -0.482 e. The van der Waals surface area contributed by atoms with Crippen LogP contribution in [0.5, 0.6) is 5.75 Å². The third kappa shape index (κ3) is 4.47. The third-order valence-corrected chi connectivity index (χ3v) is 2.38. The second kappa shape index (κ2) is 5.71. The number of hydrogen-bond acceptors (Lipinski definition) is 3. The Morgan fingerprint density at radius 3 is 2.24 bits per heavy atom. The normalized spacial score (nSPS) is 11.1. The molecule has 1 aromatic carbocycles. The smallest absolute Gasteiger partial charge is 0.344 e. The fraction of sp³-hybridized carbons (Fsp3) is 0.500. The van der Waals surface area contributed by atoms with Crippen LogP contribution in [0.4, 0.5) is 0 Å². The first-order valence-electron chi connectivity index (χ1n) is 5.82. The molecule has 1 rings (SSSR count). The number of carbonyl (C=O) groups is 1. The molecule has 0 atom stereocenters. The molecule has 0 spiro atoms. The van der Waals surface area contributed by atoms with Crippen molar-refractivity contribution < 1.29 is 14.3 Å². The molecular formula is C14H20O3. The summed E-state index contributed by atoms with van der Waals surface area (Å²) in [5.74, 6) is 0.346. The van der Waals surface area contributed by atoms with Crippen LogP contribution >= 0.6 is 0 Å². The van der Waals surface area contributed by atoms with Crippen LogP contribution in [0.2, 0.25) is 0 Å². The average Bonchev–Trinajstić information content (AvgIpc) is 2.26. The van der Waals surface area contributed by atoms with Gasteiger partial charge in [0.2, 0.25) is 0 Å². The van der Waals surface area contributed by atoms with Gasteiger partial charge in [0, 0.05) is 0 Å². The van der Waals surface area contributed by atoms with Crippen LogP contribution in [-0.4, -0.2) is 19.2 Å². The second-order valence-corrected chi connectivity index (χ2v) is 4.87. The molecular weight excluding hydrogens is 216 g/mol. The van der Waals surface area contributed by atoms with E-state index in [0.717, 1.165) is 0 Å². The predicted molar refractivity (Wildman–Crippen MR) is 67.3 cm³/mol. The monoisotopic (exact) mass is 236 g/mol. The van der Waals surface area contributed by atoms with E-state index in [4.69, 9.17) is 9.47 Å². The second-order valence-electron chi connectivity index (χ2n) is 4.87. The third-order valence-electron chi connectivity index (χ3n) is 2.38. The summed E-state index contributed by atoms with van der Waals surface area (Å²) in [7, 11) is 0. The fourth-order valence-electron chi connectivity index (χ4n) is 1.40. The van der Waals surface area contributed by atoms with E-state index < -0.39 is 0 Å². The number of rotatable bonds is 4. The van der Waals surface area contributed by atoms with Gasteiger partial charge in [-0.15, -0.1) is 0 Å². The van der Waals surface area contributed by atoms with Gasteiger partial charge in [-0.05, 0) is 30.0 Å². The van der Waals surface area contributed by atoms with Crippen molar-refractivity contribution in [2.45, 2.75) is 33.1 Å². The molecule has 0 aliphatic carbocycles. The van der Waals surface area contributed by atoms with Crippen LogP contribution in [0, 0.1) is 0 Å². The molecule has 0 aromatic heterocycles. The van der Waals surface area contributed by atoms with Gasteiger partial charge >= 0.3 is 5.97 Å². The van der Waals surface area contributed by atoms with Crippen LogP contribution in [-0.2, 0) is 14.9 Å². The van der Waals surface area contributed by atoms with Gasteiger partial charge in [-0.1, -0.05) is 32.9 Å². The number of hydrogen-bond donors (Lipinski definition) is 0. The van der Waals surface area contributed by atoms with Crippen molar-refractivity contribution in [2.75, 3.05) is 13.2 Å².